The standard InChI is InChI=1S/C16H14F3N3O2/c1-9-7-12(11-5-3-4-6-13(11)20-9)14(23)22-15(24,16(17,18)19)8-10(2)21-22/h3-7,24H,8H2,1-2H3. The van der Waals surface area contributed by atoms with Gasteiger partial charge in [-0.15, -0.1) is 0 Å². The molecule has 1 aromatic heterocycles. The lowest BCUT2D eigenvalue weighted by atomic mass is 10.0. The Balaban J connectivity index is 2.15. The smallest absolute Gasteiger partial charge is 0.362 e. The summed E-state index contributed by atoms with van der Waals surface area (Å²) in [5, 5.41) is 14.2. The molecule has 2 heterocycles. The third-order valence-electron chi connectivity index (χ3n) is 3.84. The Bertz CT molecular complexity index is 863. The summed E-state index contributed by atoms with van der Waals surface area (Å²) in [4.78, 5) is 17.0. The minimum atomic E-state index is -5.03. The van der Waals surface area contributed by atoms with E-state index in [1.807, 2.05) is 0 Å². The summed E-state index contributed by atoms with van der Waals surface area (Å²) in [6.45, 7) is 2.97. The van der Waals surface area contributed by atoms with Crippen LogP contribution in [0.1, 0.15) is 29.4 Å². The van der Waals surface area contributed by atoms with Crippen molar-refractivity contribution >= 4 is 22.5 Å². The number of hydrogen-bond acceptors (Lipinski definition) is 4. The number of amides is 1. The number of fused-ring (bicyclic) bond motifs is 1. The Morgan fingerprint density at radius 3 is 2.62 bits per heavy atom. The molecule has 1 amide bonds. The number of para-hydroxylation sites is 1. The summed E-state index contributed by atoms with van der Waals surface area (Å²) in [7, 11) is 0. The molecule has 126 valence electrons. The number of hydrogen-bond donors (Lipinski definition) is 1. The molecular formula is C16H14F3N3O2. The number of nitrogens with zero attached hydrogens (tertiary/aromatic N) is 3. The van der Waals surface area contributed by atoms with Crippen molar-refractivity contribution in [2.75, 3.05) is 0 Å². The lowest BCUT2D eigenvalue weighted by Gasteiger charge is -2.32. The van der Waals surface area contributed by atoms with Crippen molar-refractivity contribution in [3.8, 4) is 0 Å². The van der Waals surface area contributed by atoms with Crippen LogP contribution in [0.4, 0.5) is 13.2 Å². The minimum Gasteiger partial charge on any atom is -0.362 e. The number of pyridine rings is 1. The highest BCUT2D eigenvalue weighted by atomic mass is 19.4. The van der Waals surface area contributed by atoms with Gasteiger partial charge in [0.25, 0.3) is 11.6 Å². The molecule has 0 bridgehead atoms. The van der Waals surface area contributed by atoms with E-state index in [0.29, 0.717) is 16.6 Å². The highest BCUT2D eigenvalue weighted by molar-refractivity contribution is 6.07. The molecule has 1 unspecified atom stereocenters. The van der Waals surface area contributed by atoms with Crippen LogP contribution in [-0.4, -0.2) is 38.6 Å². The van der Waals surface area contributed by atoms with Gasteiger partial charge in [-0.25, -0.2) is 0 Å². The Morgan fingerprint density at radius 2 is 1.96 bits per heavy atom. The third-order valence-corrected chi connectivity index (χ3v) is 3.84. The van der Waals surface area contributed by atoms with Gasteiger partial charge in [0.1, 0.15) is 0 Å². The molecule has 0 radical (unpaired) electrons. The fourth-order valence-electron chi connectivity index (χ4n) is 2.75. The van der Waals surface area contributed by atoms with Gasteiger partial charge in [0.05, 0.1) is 11.1 Å². The van der Waals surface area contributed by atoms with Crippen LogP contribution in [0.2, 0.25) is 0 Å². The maximum Gasteiger partial charge on any atom is 0.438 e. The van der Waals surface area contributed by atoms with Gasteiger partial charge in [-0.2, -0.15) is 23.3 Å². The molecular weight excluding hydrogens is 323 g/mol. The zero-order chi connectivity index (χ0) is 17.7. The van der Waals surface area contributed by atoms with E-state index in [1.165, 1.54) is 13.0 Å². The summed E-state index contributed by atoms with van der Waals surface area (Å²) >= 11 is 0. The van der Waals surface area contributed by atoms with Crippen LogP contribution in [0.25, 0.3) is 10.9 Å². The van der Waals surface area contributed by atoms with Crippen LogP contribution in [-0.2, 0) is 0 Å². The number of benzene rings is 1. The van der Waals surface area contributed by atoms with Crippen molar-refractivity contribution in [1.82, 2.24) is 9.99 Å². The van der Waals surface area contributed by atoms with Crippen molar-refractivity contribution in [2.45, 2.75) is 32.2 Å². The molecule has 1 aliphatic rings. The second kappa shape index (κ2) is 5.27. The third kappa shape index (κ3) is 2.43. The summed E-state index contributed by atoms with van der Waals surface area (Å²) in [5.74, 6) is -1.02. The topological polar surface area (TPSA) is 65.8 Å². The molecule has 1 aromatic carbocycles. The molecule has 1 atom stereocenters. The fourth-order valence-corrected chi connectivity index (χ4v) is 2.75. The number of carbonyl (C=O) groups excluding carboxylic acids is 1. The highest BCUT2D eigenvalue weighted by Crippen LogP contribution is 2.41. The highest BCUT2D eigenvalue weighted by Gasteiger charge is 2.62. The Morgan fingerprint density at radius 1 is 1.29 bits per heavy atom. The van der Waals surface area contributed by atoms with Crippen LogP contribution in [0, 0.1) is 6.92 Å². The number of aliphatic hydroxyl groups is 1. The van der Waals surface area contributed by atoms with E-state index in [-0.39, 0.29) is 16.3 Å². The predicted molar refractivity (Wildman–Crippen MR) is 81.4 cm³/mol. The number of alkyl halides is 3. The molecule has 1 N–H and O–H groups in total. The summed E-state index contributed by atoms with van der Waals surface area (Å²) in [5.41, 5.74) is -2.34. The molecule has 0 spiro atoms. The summed E-state index contributed by atoms with van der Waals surface area (Å²) in [6.07, 6.45) is -5.80. The lowest BCUT2D eigenvalue weighted by molar-refractivity contribution is -0.297. The van der Waals surface area contributed by atoms with E-state index in [4.69, 9.17) is 0 Å². The van der Waals surface area contributed by atoms with Crippen molar-refractivity contribution in [1.29, 1.82) is 0 Å². The van der Waals surface area contributed by atoms with Crippen molar-refractivity contribution in [3.63, 3.8) is 0 Å². The number of carbonyl (C=O) groups is 1. The number of aryl methyl sites for hydroxylation is 1. The largest absolute Gasteiger partial charge is 0.438 e. The van der Waals surface area contributed by atoms with Gasteiger partial charge in [0, 0.05) is 23.2 Å². The van der Waals surface area contributed by atoms with Gasteiger partial charge in [-0.3, -0.25) is 9.78 Å². The first kappa shape index (κ1) is 16.4. The maximum atomic E-state index is 13.3. The van der Waals surface area contributed by atoms with Gasteiger partial charge < -0.3 is 5.11 Å². The van der Waals surface area contributed by atoms with Gasteiger partial charge in [-0.05, 0) is 26.0 Å². The second-order valence-corrected chi connectivity index (χ2v) is 5.77. The zero-order valence-electron chi connectivity index (χ0n) is 12.9. The monoisotopic (exact) mass is 337 g/mol. The van der Waals surface area contributed by atoms with E-state index >= 15 is 0 Å². The summed E-state index contributed by atoms with van der Waals surface area (Å²) in [6, 6.07) is 8.02. The number of halogens is 3. The van der Waals surface area contributed by atoms with Crippen molar-refractivity contribution in [3.05, 3.63) is 41.6 Å². The molecule has 1 aliphatic heterocycles. The van der Waals surface area contributed by atoms with Crippen molar-refractivity contribution < 1.29 is 23.1 Å². The molecule has 5 nitrogen and oxygen atoms in total. The van der Waals surface area contributed by atoms with Crippen LogP contribution in [0.5, 0.6) is 0 Å². The molecule has 3 rings (SSSR count). The molecule has 0 aliphatic carbocycles. The van der Waals surface area contributed by atoms with Gasteiger partial charge in [-0.1, -0.05) is 18.2 Å². The normalized spacial score (nSPS) is 21.2. The Labute approximate surface area is 135 Å². The first-order valence-electron chi connectivity index (χ1n) is 7.17. The van der Waals surface area contributed by atoms with Crippen LogP contribution in [0.3, 0.4) is 0 Å². The maximum absolute atomic E-state index is 13.3. The number of rotatable bonds is 1. The van der Waals surface area contributed by atoms with Crippen molar-refractivity contribution in [2.24, 2.45) is 5.10 Å². The first-order chi connectivity index (χ1) is 11.1. The number of hydrazone groups is 1. The van der Waals surface area contributed by atoms with E-state index in [1.54, 1.807) is 31.2 Å². The van der Waals surface area contributed by atoms with Gasteiger partial charge in [0.2, 0.25) is 0 Å². The fraction of sp³-hybridized carbons (Fsp3) is 0.312. The van der Waals surface area contributed by atoms with Crippen LogP contribution < -0.4 is 0 Å². The minimum absolute atomic E-state index is 0.0132. The molecule has 0 saturated carbocycles. The first-order valence-corrected chi connectivity index (χ1v) is 7.17. The van der Waals surface area contributed by atoms with Gasteiger partial charge >= 0.3 is 6.18 Å². The SMILES string of the molecule is CC1=NN(C(=O)c2cc(C)nc3ccccc23)C(O)(C(F)(F)F)C1. The Kier molecular flexibility index (Phi) is 3.60. The predicted octanol–water partition coefficient (Wildman–Crippen LogP) is 3.02. The summed E-state index contributed by atoms with van der Waals surface area (Å²) < 4.78 is 39.9. The van der Waals surface area contributed by atoms with E-state index in [2.05, 4.69) is 10.1 Å². The number of aromatic nitrogens is 1. The molecule has 2 aromatic rings. The molecule has 8 heteroatoms. The lowest BCUT2D eigenvalue weighted by Crippen LogP contribution is -2.56. The van der Waals surface area contributed by atoms with E-state index in [9.17, 15) is 23.1 Å². The quantitative estimate of drug-likeness (QED) is 0.870. The van der Waals surface area contributed by atoms with Crippen LogP contribution >= 0.6 is 0 Å². The molecule has 0 fully saturated rings. The Hall–Kier alpha value is -2.48. The van der Waals surface area contributed by atoms with E-state index in [0.717, 1.165) is 0 Å². The van der Waals surface area contributed by atoms with E-state index < -0.39 is 24.2 Å². The zero-order valence-corrected chi connectivity index (χ0v) is 12.9. The average Bonchev–Trinajstić information content (AvgIpc) is 2.81. The van der Waals surface area contributed by atoms with Crippen LogP contribution in [0.15, 0.2) is 35.4 Å². The molecule has 0 saturated heterocycles. The molecule has 24 heavy (non-hydrogen) atoms. The average molecular weight is 337 g/mol. The van der Waals surface area contributed by atoms with Gasteiger partial charge in [0.15, 0.2) is 0 Å². The second-order valence-electron chi connectivity index (χ2n) is 5.77.